The van der Waals surface area contributed by atoms with Crippen LogP contribution in [0.1, 0.15) is 25.1 Å². The first kappa shape index (κ1) is 14.6. The van der Waals surface area contributed by atoms with Crippen molar-refractivity contribution in [2.24, 2.45) is 0 Å². The first-order chi connectivity index (χ1) is 9.95. The third-order valence-corrected chi connectivity index (χ3v) is 6.70. The molecule has 9 heteroatoms. The van der Waals surface area contributed by atoms with Gasteiger partial charge in [-0.2, -0.15) is 9.29 Å². The summed E-state index contributed by atoms with van der Waals surface area (Å²) in [6.45, 7) is 2.03. The maximum Gasteiger partial charge on any atom is 0.260 e. The van der Waals surface area contributed by atoms with E-state index < -0.39 is 15.6 Å². The fourth-order valence-electron chi connectivity index (χ4n) is 2.26. The van der Waals surface area contributed by atoms with Gasteiger partial charge in [-0.15, -0.1) is 11.3 Å². The Kier molecular flexibility index (Phi) is 3.60. The molecule has 2 aromatic rings. The average molecular weight is 329 g/mol. The van der Waals surface area contributed by atoms with Gasteiger partial charge in [0.15, 0.2) is 11.4 Å². The number of aromatic nitrogens is 2. The van der Waals surface area contributed by atoms with Crippen LogP contribution < -0.4 is 0 Å². The van der Waals surface area contributed by atoms with Crippen LogP contribution in [0.4, 0.5) is 0 Å². The summed E-state index contributed by atoms with van der Waals surface area (Å²) >= 11 is 1.16. The molecule has 3 heterocycles. The predicted molar refractivity (Wildman–Crippen MR) is 75.3 cm³/mol. The second kappa shape index (κ2) is 5.16. The highest BCUT2D eigenvalue weighted by atomic mass is 32.2. The van der Waals surface area contributed by atoms with E-state index in [9.17, 15) is 13.5 Å². The molecule has 0 bridgehead atoms. The molecule has 1 fully saturated rings. The molecule has 0 unspecified atom stereocenters. The normalized spacial score (nSPS) is 23.7. The molecule has 0 aliphatic carbocycles. The van der Waals surface area contributed by atoms with Gasteiger partial charge in [0.25, 0.3) is 15.9 Å². The molecule has 21 heavy (non-hydrogen) atoms. The Morgan fingerprint density at radius 2 is 2.38 bits per heavy atom. The smallest absolute Gasteiger partial charge is 0.260 e. The van der Waals surface area contributed by atoms with Crippen LogP contribution in [-0.2, 0) is 22.0 Å². The monoisotopic (exact) mass is 329 g/mol. The molecule has 2 aromatic heterocycles. The van der Waals surface area contributed by atoms with Gasteiger partial charge in [-0.25, -0.2) is 8.42 Å². The van der Waals surface area contributed by atoms with Crippen LogP contribution in [0, 0.1) is 0 Å². The summed E-state index contributed by atoms with van der Waals surface area (Å²) in [5.74, 6) is 0.584. The SMILES string of the molecule is CCc1noc([C@]2(O)CCN(S(=O)(=O)c3cccs3)C2)n1. The van der Waals surface area contributed by atoms with Gasteiger partial charge < -0.3 is 9.63 Å². The molecule has 1 N–H and O–H groups in total. The lowest BCUT2D eigenvalue weighted by atomic mass is 10.0. The van der Waals surface area contributed by atoms with Crippen molar-refractivity contribution < 1.29 is 18.0 Å². The van der Waals surface area contributed by atoms with Crippen molar-refractivity contribution in [1.29, 1.82) is 0 Å². The van der Waals surface area contributed by atoms with Gasteiger partial charge in [-0.1, -0.05) is 18.1 Å². The van der Waals surface area contributed by atoms with Crippen LogP contribution in [0.15, 0.2) is 26.2 Å². The molecular formula is C12H15N3O4S2. The van der Waals surface area contributed by atoms with E-state index in [-0.39, 0.29) is 29.6 Å². The quantitative estimate of drug-likeness (QED) is 0.898. The molecule has 1 saturated heterocycles. The van der Waals surface area contributed by atoms with Crippen LogP contribution in [0.2, 0.25) is 0 Å². The van der Waals surface area contributed by atoms with Gasteiger partial charge in [0.2, 0.25) is 0 Å². The minimum Gasteiger partial charge on any atom is -0.379 e. The topological polar surface area (TPSA) is 96.5 Å². The van der Waals surface area contributed by atoms with E-state index >= 15 is 0 Å². The number of rotatable bonds is 4. The lowest BCUT2D eigenvalue weighted by molar-refractivity contribution is 0.0194. The molecule has 0 amide bonds. The fraction of sp³-hybridized carbons (Fsp3) is 0.500. The molecular weight excluding hydrogens is 314 g/mol. The Hall–Kier alpha value is -1.29. The number of thiophene rings is 1. The summed E-state index contributed by atoms with van der Waals surface area (Å²) in [5.41, 5.74) is -1.41. The number of aliphatic hydroxyl groups is 1. The molecule has 1 atom stereocenters. The molecule has 0 saturated carbocycles. The summed E-state index contributed by atoms with van der Waals surface area (Å²) in [5, 5.41) is 16.1. The van der Waals surface area contributed by atoms with E-state index in [1.54, 1.807) is 17.5 Å². The van der Waals surface area contributed by atoms with E-state index in [4.69, 9.17) is 4.52 Å². The highest BCUT2D eigenvalue weighted by Gasteiger charge is 2.46. The minimum atomic E-state index is -3.57. The van der Waals surface area contributed by atoms with Crippen molar-refractivity contribution in [3.05, 3.63) is 29.2 Å². The largest absolute Gasteiger partial charge is 0.379 e. The molecule has 0 radical (unpaired) electrons. The molecule has 0 aromatic carbocycles. The second-order valence-corrected chi connectivity index (χ2v) is 8.03. The van der Waals surface area contributed by atoms with E-state index in [0.717, 1.165) is 11.3 Å². The zero-order valence-electron chi connectivity index (χ0n) is 11.4. The Morgan fingerprint density at radius 1 is 1.57 bits per heavy atom. The number of nitrogens with zero attached hydrogens (tertiary/aromatic N) is 3. The molecule has 1 aliphatic heterocycles. The zero-order chi connectivity index (χ0) is 15.1. The van der Waals surface area contributed by atoms with Crippen molar-refractivity contribution in [2.45, 2.75) is 29.6 Å². The second-order valence-electron chi connectivity index (χ2n) is 4.92. The standard InChI is InChI=1S/C12H15N3O4S2/c1-2-9-13-11(19-14-9)12(16)5-6-15(8-12)21(17,18)10-4-3-7-20-10/h3-4,7,16H,2,5-6,8H2,1H3/t12-/m0/s1. The van der Waals surface area contributed by atoms with Crippen molar-refractivity contribution in [3.8, 4) is 0 Å². The summed E-state index contributed by atoms with van der Waals surface area (Å²) in [6.07, 6.45) is 0.833. The third-order valence-electron chi connectivity index (χ3n) is 3.48. The number of β-amino-alcohol motifs (C(OH)–C–C–N with tert-alkyl or cyclic N) is 1. The summed E-state index contributed by atoms with van der Waals surface area (Å²) < 4.78 is 31.5. The van der Waals surface area contributed by atoms with Gasteiger partial charge in [0.05, 0.1) is 6.54 Å². The molecule has 114 valence electrons. The van der Waals surface area contributed by atoms with Crippen molar-refractivity contribution in [3.63, 3.8) is 0 Å². The summed E-state index contributed by atoms with van der Waals surface area (Å²) in [4.78, 5) is 4.12. The first-order valence-corrected chi connectivity index (χ1v) is 8.87. The van der Waals surface area contributed by atoms with Gasteiger partial charge in [-0.05, 0) is 11.4 Å². The molecule has 1 aliphatic rings. The van der Waals surface area contributed by atoms with Crippen molar-refractivity contribution in [1.82, 2.24) is 14.4 Å². The number of sulfonamides is 1. The Bertz CT molecular complexity index is 726. The van der Waals surface area contributed by atoms with Gasteiger partial charge in [-0.3, -0.25) is 0 Å². The van der Waals surface area contributed by atoms with E-state index in [2.05, 4.69) is 10.1 Å². The maximum atomic E-state index is 12.4. The van der Waals surface area contributed by atoms with Crippen LogP contribution in [0.25, 0.3) is 0 Å². The maximum absolute atomic E-state index is 12.4. The van der Waals surface area contributed by atoms with E-state index in [0.29, 0.717) is 12.2 Å². The lowest BCUT2D eigenvalue weighted by Gasteiger charge is -2.18. The first-order valence-electron chi connectivity index (χ1n) is 6.55. The lowest BCUT2D eigenvalue weighted by Crippen LogP contribution is -2.34. The van der Waals surface area contributed by atoms with E-state index in [1.807, 2.05) is 6.92 Å². The van der Waals surface area contributed by atoms with Crippen LogP contribution >= 0.6 is 11.3 Å². The number of hydrogen-bond donors (Lipinski definition) is 1. The van der Waals surface area contributed by atoms with E-state index in [1.165, 1.54) is 4.31 Å². The molecule has 3 rings (SSSR count). The van der Waals surface area contributed by atoms with Crippen LogP contribution in [0.5, 0.6) is 0 Å². The third kappa shape index (κ3) is 2.50. The highest BCUT2D eigenvalue weighted by Crippen LogP contribution is 2.34. The molecule has 7 nitrogen and oxygen atoms in total. The predicted octanol–water partition coefficient (Wildman–Crippen LogP) is 0.976. The highest BCUT2D eigenvalue weighted by molar-refractivity contribution is 7.91. The van der Waals surface area contributed by atoms with Crippen LogP contribution in [-0.4, -0.2) is 41.1 Å². The Labute approximate surface area is 126 Å². The summed E-state index contributed by atoms with van der Waals surface area (Å²) in [7, 11) is -3.57. The minimum absolute atomic E-state index is 0.0709. The van der Waals surface area contributed by atoms with Gasteiger partial charge >= 0.3 is 0 Å². The van der Waals surface area contributed by atoms with Crippen molar-refractivity contribution >= 4 is 21.4 Å². The van der Waals surface area contributed by atoms with Crippen LogP contribution in [0.3, 0.4) is 0 Å². The Morgan fingerprint density at radius 3 is 3.00 bits per heavy atom. The fourth-order valence-corrected chi connectivity index (χ4v) is 4.90. The van der Waals surface area contributed by atoms with Gasteiger partial charge in [0, 0.05) is 19.4 Å². The zero-order valence-corrected chi connectivity index (χ0v) is 13.0. The number of hydrogen-bond acceptors (Lipinski definition) is 7. The van der Waals surface area contributed by atoms with Gasteiger partial charge in [0.1, 0.15) is 4.21 Å². The van der Waals surface area contributed by atoms with Crippen molar-refractivity contribution in [2.75, 3.05) is 13.1 Å². The summed E-state index contributed by atoms with van der Waals surface area (Å²) in [6, 6.07) is 3.24. The average Bonchev–Trinajstić information content (AvgIpc) is 3.19. The molecule has 0 spiro atoms. The number of aryl methyl sites for hydroxylation is 1. The Balaban J connectivity index is 1.85.